The molecule has 6 heteroatoms. The number of nitrogens with one attached hydrogen (secondary N) is 1. The molecule has 0 unspecified atom stereocenters. The van der Waals surface area contributed by atoms with E-state index in [1.54, 1.807) is 28.9 Å². The van der Waals surface area contributed by atoms with E-state index in [0.717, 1.165) is 22.2 Å². The highest BCUT2D eigenvalue weighted by atomic mass is 32.2. The number of rotatable bonds is 4. The highest BCUT2D eigenvalue weighted by Crippen LogP contribution is 2.22. The zero-order chi connectivity index (χ0) is 18.1. The first-order valence-corrected chi connectivity index (χ1v) is 9.64. The minimum absolute atomic E-state index is 0.239. The van der Waals surface area contributed by atoms with Gasteiger partial charge in [-0.15, -0.1) is 0 Å². The van der Waals surface area contributed by atoms with Gasteiger partial charge in [0.15, 0.2) is 0 Å². The number of nitrogens with zero attached hydrogens (tertiary/aromatic N) is 2. The van der Waals surface area contributed by atoms with Crippen molar-refractivity contribution in [3.63, 3.8) is 0 Å². The average molecular weight is 363 g/mol. The molecule has 130 valence electrons. The number of fused-ring (bicyclic) bond motifs is 1. The Labute approximate surface area is 152 Å². The van der Waals surface area contributed by atoms with Crippen molar-refractivity contribution in [1.82, 2.24) is 9.78 Å². The molecule has 0 amide bonds. The zero-order valence-electron chi connectivity index (χ0n) is 14.1. The summed E-state index contributed by atoms with van der Waals surface area (Å²) in [4.78, 5) is 0.239. The van der Waals surface area contributed by atoms with Crippen LogP contribution >= 0.6 is 0 Å². The Kier molecular flexibility index (Phi) is 3.97. The van der Waals surface area contributed by atoms with Crippen LogP contribution < -0.4 is 4.72 Å². The number of hydrogen-bond acceptors (Lipinski definition) is 3. The Bertz CT molecular complexity index is 1180. The highest BCUT2D eigenvalue weighted by molar-refractivity contribution is 7.92. The van der Waals surface area contributed by atoms with Crippen molar-refractivity contribution in [3.05, 3.63) is 84.7 Å². The van der Waals surface area contributed by atoms with E-state index in [0.29, 0.717) is 5.69 Å². The van der Waals surface area contributed by atoms with Crippen molar-refractivity contribution in [3.8, 4) is 5.69 Å². The van der Waals surface area contributed by atoms with Gasteiger partial charge in [-0.2, -0.15) is 5.10 Å². The van der Waals surface area contributed by atoms with Crippen molar-refractivity contribution < 1.29 is 8.42 Å². The van der Waals surface area contributed by atoms with Crippen molar-refractivity contribution in [2.45, 2.75) is 11.8 Å². The van der Waals surface area contributed by atoms with Crippen LogP contribution in [0.1, 0.15) is 5.69 Å². The Hall–Kier alpha value is -3.12. The average Bonchev–Trinajstić information content (AvgIpc) is 3.08. The predicted octanol–water partition coefficient (Wildman–Crippen LogP) is 4.13. The molecule has 4 aromatic rings. The lowest BCUT2D eigenvalue weighted by Crippen LogP contribution is -2.12. The number of aryl methyl sites for hydroxylation is 1. The van der Waals surface area contributed by atoms with E-state index < -0.39 is 10.0 Å². The van der Waals surface area contributed by atoms with E-state index in [9.17, 15) is 8.42 Å². The van der Waals surface area contributed by atoms with Crippen LogP contribution in [0, 0.1) is 6.92 Å². The number of aromatic nitrogens is 2. The normalized spacial score (nSPS) is 11.6. The molecular formula is C20H17N3O2S. The van der Waals surface area contributed by atoms with Crippen LogP contribution in [0.2, 0.25) is 0 Å². The van der Waals surface area contributed by atoms with E-state index in [1.165, 1.54) is 0 Å². The number of sulfonamides is 1. The fourth-order valence-corrected chi connectivity index (χ4v) is 3.88. The molecule has 1 heterocycles. The van der Waals surface area contributed by atoms with Gasteiger partial charge in [0.25, 0.3) is 10.0 Å². The van der Waals surface area contributed by atoms with Crippen LogP contribution in [0.5, 0.6) is 0 Å². The first-order valence-electron chi connectivity index (χ1n) is 8.16. The van der Waals surface area contributed by atoms with Crippen LogP contribution in [-0.2, 0) is 10.0 Å². The fraction of sp³-hybridized carbons (Fsp3) is 0.0500. The summed E-state index contributed by atoms with van der Waals surface area (Å²) in [7, 11) is -3.65. The van der Waals surface area contributed by atoms with Crippen LogP contribution in [0.4, 0.5) is 5.69 Å². The summed E-state index contributed by atoms with van der Waals surface area (Å²) in [6.45, 7) is 1.92. The molecule has 1 aromatic heterocycles. The molecule has 0 bridgehead atoms. The van der Waals surface area contributed by atoms with Crippen LogP contribution in [-0.4, -0.2) is 18.2 Å². The molecule has 4 rings (SSSR count). The maximum atomic E-state index is 12.7. The van der Waals surface area contributed by atoms with Gasteiger partial charge in [0.2, 0.25) is 0 Å². The Morgan fingerprint density at radius 1 is 0.885 bits per heavy atom. The first-order chi connectivity index (χ1) is 12.5. The van der Waals surface area contributed by atoms with Gasteiger partial charge in [-0.25, -0.2) is 13.1 Å². The third-order valence-electron chi connectivity index (χ3n) is 4.14. The third kappa shape index (κ3) is 3.19. The smallest absolute Gasteiger partial charge is 0.261 e. The van der Waals surface area contributed by atoms with Gasteiger partial charge < -0.3 is 0 Å². The monoisotopic (exact) mass is 363 g/mol. The molecule has 0 atom stereocenters. The van der Waals surface area contributed by atoms with Crippen molar-refractivity contribution in [2.75, 3.05) is 4.72 Å². The van der Waals surface area contributed by atoms with Gasteiger partial charge in [-0.3, -0.25) is 4.72 Å². The van der Waals surface area contributed by atoms with Crippen LogP contribution in [0.25, 0.3) is 16.5 Å². The quantitative estimate of drug-likeness (QED) is 0.593. The number of anilines is 1. The summed E-state index contributed by atoms with van der Waals surface area (Å²) >= 11 is 0. The van der Waals surface area contributed by atoms with Crippen molar-refractivity contribution in [2.24, 2.45) is 0 Å². The summed E-state index contributed by atoms with van der Waals surface area (Å²) in [6, 6.07) is 21.8. The maximum Gasteiger partial charge on any atom is 0.261 e. The number of benzene rings is 3. The van der Waals surface area contributed by atoms with Crippen LogP contribution in [0.15, 0.2) is 83.9 Å². The third-order valence-corrected chi connectivity index (χ3v) is 5.52. The summed E-state index contributed by atoms with van der Waals surface area (Å²) in [5.41, 5.74) is 2.30. The topological polar surface area (TPSA) is 64.0 Å². The minimum Gasteiger partial charge on any atom is -0.280 e. The lowest BCUT2D eigenvalue weighted by molar-refractivity contribution is 0.601. The highest BCUT2D eigenvalue weighted by Gasteiger charge is 2.14. The van der Waals surface area contributed by atoms with E-state index in [4.69, 9.17) is 0 Å². The molecule has 0 spiro atoms. The first kappa shape index (κ1) is 16.4. The van der Waals surface area contributed by atoms with E-state index in [2.05, 4.69) is 9.82 Å². The van der Waals surface area contributed by atoms with Gasteiger partial charge in [0.1, 0.15) is 0 Å². The molecule has 0 aliphatic carbocycles. The van der Waals surface area contributed by atoms with Gasteiger partial charge in [-0.05, 0) is 60.2 Å². The Morgan fingerprint density at radius 2 is 1.62 bits per heavy atom. The molecule has 5 nitrogen and oxygen atoms in total. The fourth-order valence-electron chi connectivity index (χ4n) is 2.79. The van der Waals surface area contributed by atoms with Crippen LogP contribution in [0.3, 0.4) is 0 Å². The van der Waals surface area contributed by atoms with Gasteiger partial charge in [-0.1, -0.05) is 30.3 Å². The number of hydrogen-bond donors (Lipinski definition) is 1. The zero-order valence-corrected chi connectivity index (χ0v) is 14.9. The largest absolute Gasteiger partial charge is 0.280 e. The lowest BCUT2D eigenvalue weighted by Gasteiger charge is -2.10. The second kappa shape index (κ2) is 6.31. The summed E-state index contributed by atoms with van der Waals surface area (Å²) in [5, 5.41) is 6.23. The van der Waals surface area contributed by atoms with Gasteiger partial charge in [0, 0.05) is 11.9 Å². The second-order valence-corrected chi connectivity index (χ2v) is 7.75. The lowest BCUT2D eigenvalue weighted by atomic mass is 10.1. The van der Waals surface area contributed by atoms with Crippen molar-refractivity contribution in [1.29, 1.82) is 0 Å². The van der Waals surface area contributed by atoms with E-state index >= 15 is 0 Å². The summed E-state index contributed by atoms with van der Waals surface area (Å²) in [5.74, 6) is 0. The van der Waals surface area contributed by atoms with E-state index in [-0.39, 0.29) is 4.90 Å². The summed E-state index contributed by atoms with van der Waals surface area (Å²) < 4.78 is 29.7. The maximum absolute atomic E-state index is 12.7. The molecule has 0 aliphatic heterocycles. The second-order valence-electron chi connectivity index (χ2n) is 6.06. The SMILES string of the molecule is Cc1ccn(-c2ccc(NS(=O)(=O)c3ccc4ccccc4c3)cc2)n1. The molecule has 0 fully saturated rings. The molecule has 3 aromatic carbocycles. The molecule has 26 heavy (non-hydrogen) atoms. The molecular weight excluding hydrogens is 346 g/mol. The Balaban J connectivity index is 1.60. The molecule has 0 aliphatic rings. The van der Waals surface area contributed by atoms with Gasteiger partial charge in [0.05, 0.1) is 16.3 Å². The minimum atomic E-state index is -3.65. The van der Waals surface area contributed by atoms with Gasteiger partial charge >= 0.3 is 0 Å². The van der Waals surface area contributed by atoms with E-state index in [1.807, 2.05) is 61.7 Å². The molecule has 0 saturated heterocycles. The standard InChI is InChI=1S/C20H17N3O2S/c1-15-12-13-23(21-15)19-9-7-18(8-10-19)22-26(24,25)20-11-6-16-4-2-3-5-17(16)14-20/h2-14,22H,1H3. The molecule has 1 N–H and O–H groups in total. The molecule has 0 radical (unpaired) electrons. The Morgan fingerprint density at radius 3 is 2.31 bits per heavy atom. The van der Waals surface area contributed by atoms with Crippen molar-refractivity contribution >= 4 is 26.5 Å². The molecule has 0 saturated carbocycles. The summed E-state index contributed by atoms with van der Waals surface area (Å²) in [6.07, 6.45) is 1.86. The predicted molar refractivity (Wildman–Crippen MR) is 103 cm³/mol.